The summed E-state index contributed by atoms with van der Waals surface area (Å²) >= 11 is 0. The number of hydrogen-bond donors (Lipinski definition) is 1. The number of hydrogen-bond acceptors (Lipinski definition) is 3. The quantitative estimate of drug-likeness (QED) is 0.619. The van der Waals surface area contributed by atoms with Crippen molar-refractivity contribution in [1.82, 2.24) is 4.90 Å². The molecule has 0 heterocycles. The van der Waals surface area contributed by atoms with E-state index >= 15 is 0 Å². The zero-order valence-corrected chi connectivity index (χ0v) is 10.4. The van der Waals surface area contributed by atoms with Crippen LogP contribution in [-0.4, -0.2) is 37.6 Å². The predicted molar refractivity (Wildman–Crippen MR) is 68.8 cm³/mol. The van der Waals surface area contributed by atoms with E-state index in [1.807, 2.05) is 0 Å². The zero-order chi connectivity index (χ0) is 13.5. The van der Waals surface area contributed by atoms with Crippen LogP contribution in [0.15, 0.2) is 30.9 Å². The molecule has 0 fully saturated rings. The molecule has 0 saturated carbocycles. The van der Waals surface area contributed by atoms with Gasteiger partial charge in [0.2, 0.25) is 0 Å². The van der Waals surface area contributed by atoms with Crippen molar-refractivity contribution in [3.05, 3.63) is 42.2 Å². The largest absolute Gasteiger partial charge is 0.396 e. The molecule has 0 aliphatic heterocycles. The van der Waals surface area contributed by atoms with Crippen LogP contribution >= 0.6 is 0 Å². The SMILES string of the molecule is C=CCN(CCOC)C(=O)c1ccc(N)c(F)c1. The van der Waals surface area contributed by atoms with Crippen LogP contribution in [-0.2, 0) is 4.74 Å². The molecule has 0 aliphatic rings. The van der Waals surface area contributed by atoms with Crippen molar-refractivity contribution in [1.29, 1.82) is 0 Å². The summed E-state index contributed by atoms with van der Waals surface area (Å²) in [6.45, 7) is 4.81. The number of nitrogens with zero attached hydrogens (tertiary/aromatic N) is 1. The number of benzene rings is 1. The van der Waals surface area contributed by atoms with Crippen LogP contribution in [0.2, 0.25) is 0 Å². The van der Waals surface area contributed by atoms with Crippen LogP contribution in [0, 0.1) is 5.82 Å². The van der Waals surface area contributed by atoms with Crippen LogP contribution in [0.4, 0.5) is 10.1 Å². The monoisotopic (exact) mass is 252 g/mol. The Bertz CT molecular complexity index is 435. The molecule has 0 radical (unpaired) electrons. The molecule has 0 spiro atoms. The molecule has 0 unspecified atom stereocenters. The van der Waals surface area contributed by atoms with Crippen LogP contribution in [0.1, 0.15) is 10.4 Å². The highest BCUT2D eigenvalue weighted by atomic mass is 19.1. The fraction of sp³-hybridized carbons (Fsp3) is 0.308. The van der Waals surface area contributed by atoms with Gasteiger partial charge in [0, 0.05) is 25.8 Å². The second-order valence-corrected chi connectivity index (χ2v) is 3.77. The van der Waals surface area contributed by atoms with Gasteiger partial charge in [0.25, 0.3) is 5.91 Å². The number of nitrogen functional groups attached to an aromatic ring is 1. The Kier molecular flexibility index (Phi) is 5.32. The summed E-state index contributed by atoms with van der Waals surface area (Å²) in [7, 11) is 1.56. The lowest BCUT2D eigenvalue weighted by Gasteiger charge is -2.20. The number of amides is 1. The Balaban J connectivity index is 2.86. The van der Waals surface area contributed by atoms with E-state index in [2.05, 4.69) is 6.58 Å². The Morgan fingerprint density at radius 1 is 1.61 bits per heavy atom. The van der Waals surface area contributed by atoms with Crippen LogP contribution in [0.5, 0.6) is 0 Å². The third-order valence-corrected chi connectivity index (χ3v) is 2.45. The highest BCUT2D eigenvalue weighted by Crippen LogP contribution is 2.13. The Morgan fingerprint density at radius 3 is 2.89 bits per heavy atom. The third kappa shape index (κ3) is 3.56. The van der Waals surface area contributed by atoms with E-state index in [9.17, 15) is 9.18 Å². The van der Waals surface area contributed by atoms with Crippen molar-refractivity contribution >= 4 is 11.6 Å². The number of halogens is 1. The molecule has 1 amide bonds. The summed E-state index contributed by atoms with van der Waals surface area (Å²) in [5.74, 6) is -0.864. The molecule has 1 rings (SSSR count). The van der Waals surface area contributed by atoms with Crippen LogP contribution in [0.3, 0.4) is 0 Å². The summed E-state index contributed by atoms with van der Waals surface area (Å²) in [6, 6.07) is 4.02. The molecule has 2 N–H and O–H groups in total. The fourth-order valence-corrected chi connectivity index (χ4v) is 1.48. The highest BCUT2D eigenvalue weighted by molar-refractivity contribution is 5.94. The molecule has 5 heteroatoms. The average molecular weight is 252 g/mol. The van der Waals surface area contributed by atoms with Gasteiger partial charge in [-0.1, -0.05) is 6.08 Å². The summed E-state index contributed by atoms with van der Waals surface area (Å²) < 4.78 is 18.2. The first-order valence-corrected chi connectivity index (χ1v) is 5.54. The summed E-state index contributed by atoms with van der Waals surface area (Å²) in [5, 5.41) is 0. The molecule has 4 nitrogen and oxygen atoms in total. The van der Waals surface area contributed by atoms with Crippen molar-refractivity contribution in [3.63, 3.8) is 0 Å². The molecular formula is C13H17FN2O2. The van der Waals surface area contributed by atoms with E-state index in [4.69, 9.17) is 10.5 Å². The number of methoxy groups -OCH3 is 1. The van der Waals surface area contributed by atoms with Crippen LogP contribution in [0.25, 0.3) is 0 Å². The summed E-state index contributed by atoms with van der Waals surface area (Å²) in [4.78, 5) is 13.6. The Labute approximate surface area is 106 Å². The number of nitrogens with two attached hydrogens (primary N) is 1. The summed E-state index contributed by atoms with van der Waals surface area (Å²) in [5.41, 5.74) is 5.66. The van der Waals surface area contributed by atoms with E-state index < -0.39 is 5.82 Å². The first kappa shape index (κ1) is 14.2. The number of rotatable bonds is 6. The molecule has 0 saturated heterocycles. The smallest absolute Gasteiger partial charge is 0.254 e. The fourth-order valence-electron chi connectivity index (χ4n) is 1.48. The van der Waals surface area contributed by atoms with E-state index in [0.717, 1.165) is 6.07 Å². The van der Waals surface area contributed by atoms with Crippen LogP contribution < -0.4 is 5.73 Å². The predicted octanol–water partition coefficient (Wildman–Crippen LogP) is 1.68. The normalized spacial score (nSPS) is 10.1. The van der Waals surface area contributed by atoms with E-state index in [0.29, 0.717) is 19.7 Å². The van der Waals surface area contributed by atoms with Gasteiger partial charge in [0.05, 0.1) is 12.3 Å². The molecule has 0 aromatic heterocycles. The standard InChI is InChI=1S/C13H17FN2O2/c1-3-6-16(7-8-18-2)13(17)10-4-5-12(15)11(14)9-10/h3-5,9H,1,6-8,15H2,2H3. The molecule has 1 aromatic carbocycles. The van der Waals surface area contributed by atoms with E-state index in [1.54, 1.807) is 13.2 Å². The first-order valence-electron chi connectivity index (χ1n) is 5.54. The number of ether oxygens (including phenoxy) is 1. The molecular weight excluding hydrogens is 235 g/mol. The minimum atomic E-state index is -0.592. The lowest BCUT2D eigenvalue weighted by Crippen LogP contribution is -2.34. The minimum absolute atomic E-state index is 0.0266. The van der Waals surface area contributed by atoms with Gasteiger partial charge in [-0.2, -0.15) is 0 Å². The maximum atomic E-state index is 13.3. The molecule has 0 atom stereocenters. The third-order valence-electron chi connectivity index (χ3n) is 2.45. The topological polar surface area (TPSA) is 55.6 Å². The first-order chi connectivity index (χ1) is 8.60. The number of carbonyl (C=O) groups is 1. The van der Waals surface area contributed by atoms with Crippen molar-refractivity contribution < 1.29 is 13.9 Å². The lowest BCUT2D eigenvalue weighted by atomic mass is 10.1. The number of carbonyl (C=O) groups excluding carboxylic acids is 1. The van der Waals surface area contributed by atoms with Gasteiger partial charge in [-0.3, -0.25) is 4.79 Å². The highest BCUT2D eigenvalue weighted by Gasteiger charge is 2.15. The van der Waals surface area contributed by atoms with Gasteiger partial charge in [0.15, 0.2) is 0 Å². The average Bonchev–Trinajstić information content (AvgIpc) is 2.37. The van der Waals surface area contributed by atoms with Gasteiger partial charge in [0.1, 0.15) is 5.82 Å². The molecule has 98 valence electrons. The summed E-state index contributed by atoms with van der Waals surface area (Å²) in [6.07, 6.45) is 1.61. The second kappa shape index (κ2) is 6.76. The minimum Gasteiger partial charge on any atom is -0.396 e. The maximum absolute atomic E-state index is 13.3. The number of anilines is 1. The molecule has 18 heavy (non-hydrogen) atoms. The van der Waals surface area contributed by atoms with Gasteiger partial charge >= 0.3 is 0 Å². The van der Waals surface area contributed by atoms with Gasteiger partial charge in [-0.25, -0.2) is 4.39 Å². The van der Waals surface area contributed by atoms with E-state index in [1.165, 1.54) is 17.0 Å². The molecule has 1 aromatic rings. The second-order valence-electron chi connectivity index (χ2n) is 3.77. The van der Waals surface area contributed by atoms with Crippen molar-refractivity contribution in [2.24, 2.45) is 0 Å². The van der Waals surface area contributed by atoms with Crippen molar-refractivity contribution in [3.8, 4) is 0 Å². The van der Waals surface area contributed by atoms with E-state index in [-0.39, 0.29) is 17.2 Å². The Morgan fingerprint density at radius 2 is 2.33 bits per heavy atom. The van der Waals surface area contributed by atoms with Gasteiger partial charge < -0.3 is 15.4 Å². The van der Waals surface area contributed by atoms with Gasteiger partial charge in [-0.05, 0) is 18.2 Å². The lowest BCUT2D eigenvalue weighted by molar-refractivity contribution is 0.0718. The Hall–Kier alpha value is -1.88. The zero-order valence-electron chi connectivity index (χ0n) is 10.4. The maximum Gasteiger partial charge on any atom is 0.254 e. The van der Waals surface area contributed by atoms with Crippen molar-refractivity contribution in [2.75, 3.05) is 32.5 Å². The molecule has 0 bridgehead atoms. The van der Waals surface area contributed by atoms with Gasteiger partial charge in [-0.15, -0.1) is 6.58 Å². The molecule has 0 aliphatic carbocycles. The van der Waals surface area contributed by atoms with Crippen molar-refractivity contribution in [2.45, 2.75) is 0 Å².